The van der Waals surface area contributed by atoms with Crippen molar-refractivity contribution >= 4 is 11.8 Å². The molecule has 0 aliphatic rings. The molecule has 0 aromatic heterocycles. The van der Waals surface area contributed by atoms with Crippen LogP contribution in [0.5, 0.6) is 0 Å². The summed E-state index contributed by atoms with van der Waals surface area (Å²) >= 11 is 0. The molecular weight excluding hydrogens is 172 g/mol. The van der Waals surface area contributed by atoms with E-state index in [1.807, 2.05) is 0 Å². The van der Waals surface area contributed by atoms with Crippen molar-refractivity contribution in [3.63, 3.8) is 0 Å². The minimum absolute atomic E-state index is 0.164. The van der Waals surface area contributed by atoms with Gasteiger partial charge in [-0.15, -0.1) is 0 Å². The van der Waals surface area contributed by atoms with Gasteiger partial charge in [0.05, 0.1) is 0 Å². The van der Waals surface area contributed by atoms with Gasteiger partial charge in [-0.25, -0.2) is 0 Å². The van der Waals surface area contributed by atoms with Crippen LogP contribution in [-0.2, 0) is 14.3 Å². The Morgan fingerprint density at radius 1 is 1.00 bits per heavy atom. The summed E-state index contributed by atoms with van der Waals surface area (Å²) in [5, 5.41) is 5.07. The van der Waals surface area contributed by atoms with Crippen molar-refractivity contribution < 1.29 is 14.3 Å². The van der Waals surface area contributed by atoms with Crippen LogP contribution in [0.2, 0.25) is 0 Å². The molecule has 0 bridgehead atoms. The highest BCUT2D eigenvalue weighted by atomic mass is 16.5. The van der Waals surface area contributed by atoms with Gasteiger partial charge < -0.3 is 15.4 Å². The highest BCUT2D eigenvalue weighted by Gasteiger charge is 2.09. The first-order chi connectivity index (χ1) is 5.91. The largest absolute Gasteiger partial charge is 0.336 e. The normalized spacial score (nSPS) is 14.5. The molecule has 2 amide bonds. The lowest BCUT2D eigenvalue weighted by atomic mass is 10.5. The SMILES string of the molecule is CC(=O)NC(C)OC(C)NC(C)=O. The van der Waals surface area contributed by atoms with E-state index in [1.165, 1.54) is 13.8 Å². The molecule has 0 saturated carbocycles. The van der Waals surface area contributed by atoms with Gasteiger partial charge in [0.2, 0.25) is 11.8 Å². The number of hydrogen-bond acceptors (Lipinski definition) is 3. The van der Waals surface area contributed by atoms with E-state index < -0.39 is 12.5 Å². The third-order valence-electron chi connectivity index (χ3n) is 1.22. The molecule has 0 aromatic rings. The first kappa shape index (κ1) is 11.9. The summed E-state index contributed by atoms with van der Waals surface area (Å²) in [5.41, 5.74) is 0. The number of nitrogens with one attached hydrogen (secondary N) is 2. The number of amides is 2. The smallest absolute Gasteiger partial charge is 0.218 e. The van der Waals surface area contributed by atoms with Crippen molar-refractivity contribution in [1.82, 2.24) is 10.6 Å². The van der Waals surface area contributed by atoms with Crippen molar-refractivity contribution in [1.29, 1.82) is 0 Å². The van der Waals surface area contributed by atoms with Gasteiger partial charge in [-0.05, 0) is 13.8 Å². The molecule has 0 saturated heterocycles. The molecule has 0 heterocycles. The van der Waals surface area contributed by atoms with Crippen LogP contribution in [0, 0.1) is 0 Å². The summed E-state index contributed by atoms with van der Waals surface area (Å²) in [5.74, 6) is -0.329. The first-order valence-corrected chi connectivity index (χ1v) is 4.11. The summed E-state index contributed by atoms with van der Waals surface area (Å²) < 4.78 is 5.21. The standard InChI is InChI=1S/C8H16N2O3/c1-5(11)9-7(3)13-8(4)10-6(2)12/h7-8H,1-4H3,(H,9,11)(H,10,12). The van der Waals surface area contributed by atoms with Crippen molar-refractivity contribution in [2.24, 2.45) is 0 Å². The molecule has 0 aromatic carbocycles. The topological polar surface area (TPSA) is 67.4 Å². The fourth-order valence-corrected chi connectivity index (χ4v) is 0.947. The number of hydrogen-bond donors (Lipinski definition) is 2. The van der Waals surface area contributed by atoms with Gasteiger partial charge in [-0.1, -0.05) is 0 Å². The molecule has 13 heavy (non-hydrogen) atoms. The lowest BCUT2D eigenvalue weighted by molar-refractivity contribution is -0.128. The summed E-state index contributed by atoms with van der Waals surface area (Å²) in [6, 6.07) is 0. The second kappa shape index (κ2) is 5.53. The van der Waals surface area contributed by atoms with Gasteiger partial charge in [-0.2, -0.15) is 0 Å². The average molecular weight is 188 g/mol. The van der Waals surface area contributed by atoms with E-state index >= 15 is 0 Å². The Hall–Kier alpha value is -1.10. The average Bonchev–Trinajstić information content (AvgIpc) is 1.80. The molecule has 5 nitrogen and oxygen atoms in total. The Morgan fingerprint density at radius 2 is 1.31 bits per heavy atom. The Labute approximate surface area is 77.8 Å². The van der Waals surface area contributed by atoms with E-state index in [2.05, 4.69) is 10.6 Å². The van der Waals surface area contributed by atoms with Crippen LogP contribution < -0.4 is 10.6 Å². The summed E-state index contributed by atoms with van der Waals surface area (Å²) in [4.78, 5) is 21.2. The molecule has 0 rings (SSSR count). The zero-order valence-corrected chi connectivity index (χ0v) is 8.38. The van der Waals surface area contributed by atoms with Crippen LogP contribution in [0.25, 0.3) is 0 Å². The Morgan fingerprint density at radius 3 is 1.54 bits per heavy atom. The summed E-state index contributed by atoms with van der Waals surface area (Å²) in [6.07, 6.45) is -0.807. The van der Waals surface area contributed by atoms with Crippen LogP contribution in [-0.4, -0.2) is 24.3 Å². The van der Waals surface area contributed by atoms with Gasteiger partial charge in [-0.3, -0.25) is 9.59 Å². The number of ether oxygens (including phenoxy) is 1. The fourth-order valence-electron chi connectivity index (χ4n) is 0.947. The second-order valence-electron chi connectivity index (χ2n) is 2.82. The highest BCUT2D eigenvalue weighted by molar-refractivity contribution is 5.73. The molecule has 76 valence electrons. The molecule has 2 unspecified atom stereocenters. The Kier molecular flexibility index (Phi) is 5.06. The monoisotopic (exact) mass is 188 g/mol. The molecule has 0 aliphatic carbocycles. The van der Waals surface area contributed by atoms with Crippen LogP contribution in [0.4, 0.5) is 0 Å². The third-order valence-corrected chi connectivity index (χ3v) is 1.22. The summed E-state index contributed by atoms with van der Waals surface area (Å²) in [6.45, 7) is 6.20. The number of carbonyl (C=O) groups excluding carboxylic acids is 2. The van der Waals surface area contributed by atoms with E-state index in [1.54, 1.807) is 13.8 Å². The molecular formula is C8H16N2O3. The minimum atomic E-state index is -0.403. The minimum Gasteiger partial charge on any atom is -0.336 e. The van der Waals surface area contributed by atoms with Gasteiger partial charge >= 0.3 is 0 Å². The molecule has 0 aliphatic heterocycles. The van der Waals surface area contributed by atoms with E-state index in [9.17, 15) is 9.59 Å². The zero-order chi connectivity index (χ0) is 10.4. The fraction of sp³-hybridized carbons (Fsp3) is 0.750. The zero-order valence-electron chi connectivity index (χ0n) is 8.38. The lowest BCUT2D eigenvalue weighted by Gasteiger charge is -2.19. The van der Waals surface area contributed by atoms with Crippen molar-refractivity contribution in [2.75, 3.05) is 0 Å². The third kappa shape index (κ3) is 7.27. The van der Waals surface area contributed by atoms with E-state index in [0.717, 1.165) is 0 Å². The maximum atomic E-state index is 10.6. The van der Waals surface area contributed by atoms with Crippen LogP contribution in [0.15, 0.2) is 0 Å². The van der Waals surface area contributed by atoms with Crippen LogP contribution in [0.1, 0.15) is 27.7 Å². The summed E-state index contributed by atoms with van der Waals surface area (Å²) in [7, 11) is 0. The number of carbonyl (C=O) groups is 2. The van der Waals surface area contributed by atoms with E-state index in [-0.39, 0.29) is 11.8 Å². The van der Waals surface area contributed by atoms with Gasteiger partial charge in [0.1, 0.15) is 12.5 Å². The number of rotatable bonds is 4. The molecule has 0 spiro atoms. The van der Waals surface area contributed by atoms with E-state index in [4.69, 9.17) is 4.74 Å². The van der Waals surface area contributed by atoms with Crippen LogP contribution in [0.3, 0.4) is 0 Å². The molecule has 2 atom stereocenters. The maximum absolute atomic E-state index is 10.6. The second-order valence-corrected chi connectivity index (χ2v) is 2.82. The highest BCUT2D eigenvalue weighted by Crippen LogP contribution is 1.91. The Bertz CT molecular complexity index is 174. The van der Waals surface area contributed by atoms with Crippen molar-refractivity contribution in [3.8, 4) is 0 Å². The van der Waals surface area contributed by atoms with E-state index in [0.29, 0.717) is 0 Å². The van der Waals surface area contributed by atoms with Gasteiger partial charge in [0.15, 0.2) is 0 Å². The lowest BCUT2D eigenvalue weighted by Crippen LogP contribution is -2.41. The predicted octanol–water partition coefficient (Wildman–Crippen LogP) is -0.0328. The van der Waals surface area contributed by atoms with Gasteiger partial charge in [0.25, 0.3) is 0 Å². The molecule has 0 radical (unpaired) electrons. The maximum Gasteiger partial charge on any atom is 0.218 e. The van der Waals surface area contributed by atoms with Crippen molar-refractivity contribution in [2.45, 2.75) is 40.2 Å². The van der Waals surface area contributed by atoms with Crippen molar-refractivity contribution in [3.05, 3.63) is 0 Å². The Balaban J connectivity index is 3.70. The predicted molar refractivity (Wildman–Crippen MR) is 47.6 cm³/mol. The van der Waals surface area contributed by atoms with Crippen LogP contribution >= 0.6 is 0 Å². The van der Waals surface area contributed by atoms with Gasteiger partial charge in [0, 0.05) is 13.8 Å². The molecule has 5 heteroatoms. The molecule has 2 N–H and O–H groups in total. The first-order valence-electron chi connectivity index (χ1n) is 4.11. The quantitative estimate of drug-likeness (QED) is 0.609. The molecule has 0 fully saturated rings.